The molecule has 0 radical (unpaired) electrons. The van der Waals surface area contributed by atoms with Crippen molar-refractivity contribution in [1.82, 2.24) is 15.0 Å². The monoisotopic (exact) mass is 221 g/mol. The highest BCUT2D eigenvalue weighted by molar-refractivity contribution is 7.10. The Balaban J connectivity index is 2.24. The highest BCUT2D eigenvalue weighted by Gasteiger charge is 2.08. The molecule has 0 aliphatic carbocycles. The Bertz CT molecular complexity index is 469. The zero-order valence-electron chi connectivity index (χ0n) is 7.62. The molecule has 0 amide bonds. The van der Waals surface area contributed by atoms with Gasteiger partial charge in [-0.2, -0.15) is 0 Å². The third-order valence-electron chi connectivity index (χ3n) is 1.68. The van der Waals surface area contributed by atoms with Gasteiger partial charge in [-0.05, 0) is 0 Å². The third kappa shape index (κ3) is 2.35. The van der Waals surface area contributed by atoms with Crippen LogP contribution in [0.1, 0.15) is 5.01 Å². The Kier molecular flexibility index (Phi) is 2.68. The van der Waals surface area contributed by atoms with Gasteiger partial charge in [-0.15, -0.1) is 11.3 Å². The van der Waals surface area contributed by atoms with E-state index in [1.807, 2.05) is 0 Å². The van der Waals surface area contributed by atoms with E-state index in [-0.39, 0.29) is 6.42 Å². The van der Waals surface area contributed by atoms with Gasteiger partial charge in [0.15, 0.2) is 0 Å². The molecule has 0 aliphatic rings. The fraction of sp³-hybridized carbons (Fsp3) is 0.111. The van der Waals surface area contributed by atoms with Crippen molar-refractivity contribution in [2.75, 3.05) is 0 Å². The maximum absolute atomic E-state index is 10.5. The zero-order chi connectivity index (χ0) is 10.7. The van der Waals surface area contributed by atoms with Gasteiger partial charge >= 0.3 is 5.97 Å². The Morgan fingerprint density at radius 2 is 2.27 bits per heavy atom. The predicted octanol–water partition coefficient (Wildman–Crippen LogP) is 1.23. The summed E-state index contributed by atoms with van der Waals surface area (Å²) in [4.78, 5) is 22.6. The molecular formula is C9H7N3O2S. The molecule has 2 aromatic rings. The molecule has 0 bridgehead atoms. The summed E-state index contributed by atoms with van der Waals surface area (Å²) in [5.41, 5.74) is 1.33. The van der Waals surface area contributed by atoms with Gasteiger partial charge in [-0.25, -0.2) is 4.98 Å². The van der Waals surface area contributed by atoms with Gasteiger partial charge in [0.2, 0.25) is 0 Å². The molecule has 5 nitrogen and oxygen atoms in total. The molecule has 0 saturated carbocycles. The molecule has 6 heteroatoms. The van der Waals surface area contributed by atoms with Crippen LogP contribution in [0.3, 0.4) is 0 Å². The van der Waals surface area contributed by atoms with Crippen molar-refractivity contribution in [1.29, 1.82) is 0 Å². The molecule has 76 valence electrons. The van der Waals surface area contributed by atoms with Gasteiger partial charge in [0, 0.05) is 17.8 Å². The average Bonchev–Trinajstić information content (AvgIpc) is 2.67. The zero-order valence-corrected chi connectivity index (χ0v) is 8.44. The molecule has 0 aromatic carbocycles. The number of hydrogen-bond donors (Lipinski definition) is 1. The van der Waals surface area contributed by atoms with Crippen LogP contribution in [0.15, 0.2) is 24.0 Å². The smallest absolute Gasteiger partial charge is 0.310 e. The number of carboxylic acid groups (broad SMARTS) is 1. The number of thiazole rings is 1. The van der Waals surface area contributed by atoms with Crippen molar-refractivity contribution >= 4 is 17.3 Å². The predicted molar refractivity (Wildman–Crippen MR) is 54.5 cm³/mol. The van der Waals surface area contributed by atoms with Crippen LogP contribution in [-0.2, 0) is 11.2 Å². The summed E-state index contributed by atoms with van der Waals surface area (Å²) >= 11 is 1.31. The Hall–Kier alpha value is -1.82. The van der Waals surface area contributed by atoms with E-state index in [9.17, 15) is 4.79 Å². The quantitative estimate of drug-likeness (QED) is 0.843. The Morgan fingerprint density at radius 1 is 1.40 bits per heavy atom. The maximum atomic E-state index is 10.5. The van der Waals surface area contributed by atoms with Crippen LogP contribution in [0.5, 0.6) is 0 Å². The Morgan fingerprint density at radius 3 is 2.93 bits per heavy atom. The van der Waals surface area contributed by atoms with E-state index in [0.717, 1.165) is 0 Å². The van der Waals surface area contributed by atoms with Crippen LogP contribution in [0, 0.1) is 0 Å². The highest BCUT2D eigenvalue weighted by atomic mass is 32.1. The second kappa shape index (κ2) is 4.14. The first-order chi connectivity index (χ1) is 7.25. The van der Waals surface area contributed by atoms with Crippen LogP contribution in [0.4, 0.5) is 0 Å². The Labute approximate surface area is 89.5 Å². The molecule has 15 heavy (non-hydrogen) atoms. The number of aromatic nitrogens is 3. The lowest BCUT2D eigenvalue weighted by Crippen LogP contribution is -1.99. The first-order valence-electron chi connectivity index (χ1n) is 4.18. The summed E-state index contributed by atoms with van der Waals surface area (Å²) in [6, 6.07) is 0. The molecule has 1 N–H and O–H groups in total. The van der Waals surface area contributed by atoms with Gasteiger partial charge in [-0.1, -0.05) is 0 Å². The second-order valence-electron chi connectivity index (χ2n) is 2.79. The van der Waals surface area contributed by atoms with Gasteiger partial charge in [0.05, 0.1) is 12.6 Å². The van der Waals surface area contributed by atoms with Crippen LogP contribution in [0.25, 0.3) is 11.4 Å². The number of carboxylic acids is 1. The lowest BCUT2D eigenvalue weighted by Gasteiger charge is -1.92. The van der Waals surface area contributed by atoms with Gasteiger partial charge < -0.3 is 5.11 Å². The molecule has 0 unspecified atom stereocenters. The van der Waals surface area contributed by atoms with Crippen molar-refractivity contribution < 1.29 is 9.90 Å². The van der Waals surface area contributed by atoms with Crippen molar-refractivity contribution in [3.8, 4) is 11.4 Å². The van der Waals surface area contributed by atoms with E-state index in [0.29, 0.717) is 16.4 Å². The minimum absolute atomic E-state index is 0.0507. The SMILES string of the molecule is O=C(O)Cc1nc(-c2cnccn2)cs1. The molecule has 0 atom stereocenters. The summed E-state index contributed by atoms with van der Waals surface area (Å²) in [6.07, 6.45) is 4.70. The van der Waals surface area contributed by atoms with Gasteiger partial charge in [0.1, 0.15) is 16.4 Å². The third-order valence-corrected chi connectivity index (χ3v) is 2.53. The van der Waals surface area contributed by atoms with E-state index in [1.165, 1.54) is 11.3 Å². The summed E-state index contributed by atoms with van der Waals surface area (Å²) in [5.74, 6) is -0.880. The normalized spacial score (nSPS) is 10.1. The molecule has 0 spiro atoms. The van der Waals surface area contributed by atoms with E-state index in [2.05, 4.69) is 15.0 Å². The second-order valence-corrected chi connectivity index (χ2v) is 3.73. The maximum Gasteiger partial charge on any atom is 0.310 e. The fourth-order valence-electron chi connectivity index (χ4n) is 1.07. The molecular weight excluding hydrogens is 214 g/mol. The van der Waals surface area contributed by atoms with Gasteiger partial charge in [0.25, 0.3) is 0 Å². The number of rotatable bonds is 3. The van der Waals surface area contributed by atoms with E-state index in [4.69, 9.17) is 5.11 Å². The highest BCUT2D eigenvalue weighted by Crippen LogP contribution is 2.19. The number of carbonyl (C=O) groups is 1. The van der Waals surface area contributed by atoms with Crippen LogP contribution in [0.2, 0.25) is 0 Å². The van der Waals surface area contributed by atoms with E-state index in [1.54, 1.807) is 24.0 Å². The first kappa shape index (κ1) is 9.72. The molecule has 2 aromatic heterocycles. The molecule has 2 rings (SSSR count). The summed E-state index contributed by atoms with van der Waals surface area (Å²) in [6.45, 7) is 0. The minimum Gasteiger partial charge on any atom is -0.481 e. The number of hydrogen-bond acceptors (Lipinski definition) is 5. The summed E-state index contributed by atoms with van der Waals surface area (Å²) in [5, 5.41) is 10.9. The van der Waals surface area contributed by atoms with E-state index >= 15 is 0 Å². The average molecular weight is 221 g/mol. The number of nitrogens with zero attached hydrogens (tertiary/aromatic N) is 3. The largest absolute Gasteiger partial charge is 0.481 e. The summed E-state index contributed by atoms with van der Waals surface area (Å²) < 4.78 is 0. The topological polar surface area (TPSA) is 76.0 Å². The van der Waals surface area contributed by atoms with Crippen molar-refractivity contribution in [3.05, 3.63) is 29.0 Å². The van der Waals surface area contributed by atoms with Crippen molar-refractivity contribution in [3.63, 3.8) is 0 Å². The van der Waals surface area contributed by atoms with E-state index < -0.39 is 5.97 Å². The lowest BCUT2D eigenvalue weighted by atomic mass is 10.3. The fourth-order valence-corrected chi connectivity index (χ4v) is 1.85. The lowest BCUT2D eigenvalue weighted by molar-refractivity contribution is -0.136. The van der Waals surface area contributed by atoms with Crippen molar-refractivity contribution in [2.45, 2.75) is 6.42 Å². The molecule has 0 aliphatic heterocycles. The molecule has 0 saturated heterocycles. The molecule has 0 fully saturated rings. The minimum atomic E-state index is -0.880. The van der Waals surface area contributed by atoms with Crippen LogP contribution in [-0.4, -0.2) is 26.0 Å². The molecule has 2 heterocycles. The van der Waals surface area contributed by atoms with Gasteiger partial charge in [-0.3, -0.25) is 14.8 Å². The first-order valence-corrected chi connectivity index (χ1v) is 5.06. The van der Waals surface area contributed by atoms with Crippen LogP contribution < -0.4 is 0 Å². The standard InChI is InChI=1S/C9H7N3O2S/c13-9(14)3-8-12-7(5-15-8)6-4-10-1-2-11-6/h1-2,4-5H,3H2,(H,13,14). The summed E-state index contributed by atoms with van der Waals surface area (Å²) in [7, 11) is 0. The van der Waals surface area contributed by atoms with Crippen LogP contribution >= 0.6 is 11.3 Å². The van der Waals surface area contributed by atoms with Crippen molar-refractivity contribution in [2.24, 2.45) is 0 Å². The number of aliphatic carboxylic acids is 1.